The largest absolute Gasteiger partial charge is 0.497 e. The topological polar surface area (TPSA) is 148 Å². The van der Waals surface area contributed by atoms with Gasteiger partial charge in [0.1, 0.15) is 17.2 Å². The molecule has 0 aliphatic heterocycles. The van der Waals surface area contributed by atoms with E-state index in [1.807, 2.05) is 0 Å². The molecule has 10 nitrogen and oxygen atoms in total. The van der Waals surface area contributed by atoms with E-state index in [-0.39, 0.29) is 28.0 Å². The van der Waals surface area contributed by atoms with Gasteiger partial charge in [-0.15, -0.1) is 0 Å². The first-order chi connectivity index (χ1) is 16.2. The maximum Gasteiger partial charge on any atom is 0.277 e. The normalized spacial score (nSPS) is 10.5. The van der Waals surface area contributed by atoms with Crippen molar-refractivity contribution in [2.45, 2.75) is 5.16 Å². The number of thioether (sulfide) groups is 1. The number of methoxy groups -OCH3 is 2. The number of nitrogens with two attached hydrogens (primary N) is 1. The lowest BCUT2D eigenvalue weighted by Crippen LogP contribution is -2.23. The van der Waals surface area contributed by atoms with Gasteiger partial charge in [0.25, 0.3) is 11.5 Å². The van der Waals surface area contributed by atoms with Crippen LogP contribution in [0.2, 0.25) is 0 Å². The number of rotatable bonds is 8. The number of aromatic amines is 1. The molecule has 0 unspecified atom stereocenters. The number of hydrogen-bond donors (Lipinski definition) is 4. The Hall–Kier alpha value is -4.13. The van der Waals surface area contributed by atoms with Crippen molar-refractivity contribution in [1.82, 2.24) is 9.97 Å². The van der Waals surface area contributed by atoms with Crippen LogP contribution in [0.1, 0.15) is 10.4 Å². The van der Waals surface area contributed by atoms with Crippen molar-refractivity contribution in [2.24, 2.45) is 0 Å². The molecule has 0 saturated carbocycles. The molecule has 2 amide bonds. The average molecular weight is 491 g/mol. The van der Waals surface area contributed by atoms with Gasteiger partial charge in [-0.1, -0.05) is 11.8 Å². The molecule has 3 rings (SSSR count). The highest BCUT2D eigenvalue weighted by molar-refractivity contribution is 7.99. The summed E-state index contributed by atoms with van der Waals surface area (Å²) in [5.41, 5.74) is 4.79. The SMILES string of the molecule is COc1ccc(OC)c(NC(=O)CSc2nc(N)c(NC(=O)c3ccc(F)c(F)c3)c(=O)[nH]2)c1. The molecule has 0 fully saturated rings. The van der Waals surface area contributed by atoms with Crippen molar-refractivity contribution >= 4 is 40.8 Å². The molecule has 13 heteroatoms. The van der Waals surface area contributed by atoms with Crippen LogP contribution in [0, 0.1) is 11.6 Å². The molecule has 0 radical (unpaired) electrons. The number of anilines is 3. The number of hydrogen-bond acceptors (Lipinski definition) is 8. The smallest absolute Gasteiger partial charge is 0.277 e. The van der Waals surface area contributed by atoms with Crippen LogP contribution in [0.15, 0.2) is 46.3 Å². The van der Waals surface area contributed by atoms with Crippen molar-refractivity contribution in [3.05, 3.63) is 63.9 Å². The first kappa shape index (κ1) is 24.5. The molecule has 0 saturated heterocycles. The van der Waals surface area contributed by atoms with Crippen LogP contribution in [0.25, 0.3) is 0 Å². The van der Waals surface area contributed by atoms with E-state index in [4.69, 9.17) is 15.2 Å². The van der Waals surface area contributed by atoms with Crippen molar-refractivity contribution in [1.29, 1.82) is 0 Å². The third kappa shape index (κ3) is 5.81. The summed E-state index contributed by atoms with van der Waals surface area (Å²) in [6, 6.07) is 7.41. The summed E-state index contributed by atoms with van der Waals surface area (Å²) in [6.07, 6.45) is 0. The number of halogens is 2. The average Bonchev–Trinajstić information content (AvgIpc) is 2.81. The fourth-order valence-electron chi connectivity index (χ4n) is 2.71. The molecule has 3 aromatic rings. The standard InChI is InChI=1S/C21H19F2N5O5S/c1-32-11-4-6-15(33-2)14(8-11)25-16(29)9-34-21-27-18(24)17(20(31)28-21)26-19(30)10-3-5-12(22)13(23)7-10/h3-8H,9H2,1-2H3,(H,25,29)(H,26,30)(H3,24,27,28,31). The highest BCUT2D eigenvalue weighted by atomic mass is 32.2. The van der Waals surface area contributed by atoms with Crippen LogP contribution in [0.5, 0.6) is 11.5 Å². The second kappa shape index (κ2) is 10.7. The highest BCUT2D eigenvalue weighted by Crippen LogP contribution is 2.29. The van der Waals surface area contributed by atoms with E-state index in [1.54, 1.807) is 18.2 Å². The fraction of sp³-hybridized carbons (Fsp3) is 0.143. The number of carbonyl (C=O) groups is 2. The van der Waals surface area contributed by atoms with E-state index in [0.29, 0.717) is 23.3 Å². The van der Waals surface area contributed by atoms with Gasteiger partial charge in [0.2, 0.25) is 5.91 Å². The van der Waals surface area contributed by atoms with Crippen molar-refractivity contribution in [2.75, 3.05) is 36.3 Å². The van der Waals surface area contributed by atoms with Gasteiger partial charge in [-0.25, -0.2) is 13.8 Å². The Balaban J connectivity index is 1.67. The molecule has 0 bridgehead atoms. The zero-order chi connectivity index (χ0) is 24.8. The van der Waals surface area contributed by atoms with Gasteiger partial charge >= 0.3 is 0 Å². The molecule has 0 aliphatic rings. The Kier molecular flexibility index (Phi) is 7.68. The zero-order valence-electron chi connectivity index (χ0n) is 17.9. The second-order valence-corrected chi connectivity index (χ2v) is 7.58. The van der Waals surface area contributed by atoms with E-state index in [9.17, 15) is 23.2 Å². The Bertz CT molecular complexity index is 1300. The van der Waals surface area contributed by atoms with E-state index < -0.39 is 29.0 Å². The molecular formula is C21H19F2N5O5S. The van der Waals surface area contributed by atoms with E-state index in [1.165, 1.54) is 14.2 Å². The molecule has 34 heavy (non-hydrogen) atoms. The van der Waals surface area contributed by atoms with Crippen molar-refractivity contribution in [3.8, 4) is 11.5 Å². The Morgan fingerprint density at radius 2 is 1.85 bits per heavy atom. The molecule has 1 heterocycles. The Labute approximate surface area is 195 Å². The monoisotopic (exact) mass is 491 g/mol. The number of H-pyrrole nitrogens is 1. The third-order valence-corrected chi connectivity index (χ3v) is 5.24. The summed E-state index contributed by atoms with van der Waals surface area (Å²) in [4.78, 5) is 43.3. The minimum Gasteiger partial charge on any atom is -0.497 e. The lowest BCUT2D eigenvalue weighted by Gasteiger charge is -2.12. The lowest BCUT2D eigenvalue weighted by molar-refractivity contribution is -0.113. The van der Waals surface area contributed by atoms with Crippen LogP contribution >= 0.6 is 11.8 Å². The second-order valence-electron chi connectivity index (χ2n) is 6.62. The molecule has 0 aliphatic carbocycles. The summed E-state index contributed by atoms with van der Waals surface area (Å²) in [7, 11) is 2.94. The van der Waals surface area contributed by atoms with Crippen LogP contribution in [0.3, 0.4) is 0 Å². The first-order valence-corrected chi connectivity index (χ1v) is 10.5. The lowest BCUT2D eigenvalue weighted by atomic mass is 10.2. The van der Waals surface area contributed by atoms with Crippen LogP contribution in [-0.2, 0) is 4.79 Å². The minimum atomic E-state index is -1.22. The van der Waals surface area contributed by atoms with Gasteiger partial charge in [-0.05, 0) is 30.3 Å². The van der Waals surface area contributed by atoms with Gasteiger partial charge in [-0.2, -0.15) is 0 Å². The number of nitrogens with zero attached hydrogens (tertiary/aromatic N) is 1. The zero-order valence-corrected chi connectivity index (χ0v) is 18.7. The summed E-state index contributed by atoms with van der Waals surface area (Å²) in [5.74, 6) is -3.16. The van der Waals surface area contributed by atoms with Gasteiger partial charge in [0.05, 0.1) is 25.7 Å². The van der Waals surface area contributed by atoms with Gasteiger partial charge in [0.15, 0.2) is 22.6 Å². The molecule has 2 aromatic carbocycles. The molecule has 0 spiro atoms. The third-order valence-electron chi connectivity index (χ3n) is 4.37. The van der Waals surface area contributed by atoms with Gasteiger partial charge in [0, 0.05) is 11.6 Å². The van der Waals surface area contributed by atoms with Gasteiger partial charge in [-0.3, -0.25) is 19.4 Å². The maximum absolute atomic E-state index is 13.3. The highest BCUT2D eigenvalue weighted by Gasteiger charge is 2.16. The van der Waals surface area contributed by atoms with Crippen LogP contribution in [-0.4, -0.2) is 41.8 Å². The van der Waals surface area contributed by atoms with E-state index in [0.717, 1.165) is 23.9 Å². The fourth-order valence-corrected chi connectivity index (χ4v) is 3.38. The van der Waals surface area contributed by atoms with Crippen LogP contribution < -0.4 is 31.4 Å². The molecule has 1 aromatic heterocycles. The van der Waals surface area contributed by atoms with Crippen molar-refractivity contribution in [3.63, 3.8) is 0 Å². The number of amides is 2. The van der Waals surface area contributed by atoms with Gasteiger partial charge < -0.3 is 25.8 Å². The van der Waals surface area contributed by atoms with E-state index in [2.05, 4.69) is 20.6 Å². The number of carbonyl (C=O) groups excluding carboxylic acids is 2. The molecule has 0 atom stereocenters. The first-order valence-electron chi connectivity index (χ1n) is 9.52. The molecular weight excluding hydrogens is 472 g/mol. The predicted molar refractivity (Wildman–Crippen MR) is 122 cm³/mol. The minimum absolute atomic E-state index is 0.0288. The summed E-state index contributed by atoms with van der Waals surface area (Å²) >= 11 is 0.892. The Morgan fingerprint density at radius 3 is 2.50 bits per heavy atom. The Morgan fingerprint density at radius 1 is 1.09 bits per heavy atom. The molecule has 178 valence electrons. The number of nitrogens with one attached hydrogen (secondary N) is 3. The van der Waals surface area contributed by atoms with Crippen molar-refractivity contribution < 1.29 is 27.8 Å². The number of benzene rings is 2. The van der Waals surface area contributed by atoms with E-state index >= 15 is 0 Å². The summed E-state index contributed by atoms with van der Waals surface area (Å²) in [6.45, 7) is 0. The number of nitrogen functional groups attached to an aromatic ring is 1. The summed E-state index contributed by atoms with van der Waals surface area (Å²) < 4.78 is 36.7. The summed E-state index contributed by atoms with van der Waals surface area (Å²) in [5, 5.41) is 4.91. The maximum atomic E-state index is 13.3. The quantitative estimate of drug-likeness (QED) is 0.278. The van der Waals surface area contributed by atoms with Crippen LogP contribution in [0.4, 0.5) is 26.0 Å². The predicted octanol–water partition coefficient (Wildman–Crippen LogP) is 2.63. The number of ether oxygens (including phenoxy) is 2. The number of aromatic nitrogens is 2. The molecule has 5 N–H and O–H groups in total.